The number of ether oxygens (including phenoxy) is 1. The number of hydrogen-bond acceptors (Lipinski definition) is 2. The van der Waals surface area contributed by atoms with Crippen LogP contribution in [0, 0.1) is 11.8 Å². The molecule has 96 valence electrons. The van der Waals surface area contributed by atoms with Gasteiger partial charge in [0.25, 0.3) is 0 Å². The Morgan fingerprint density at radius 1 is 1.19 bits per heavy atom. The standard InChI is InChI=1S/C14H28O2/c1-5-14(6-2,16-4)13(15)12-9-7-11(3)8-10-12/h11-13,15H,5-10H2,1-4H3. The quantitative estimate of drug-likeness (QED) is 0.781. The molecule has 0 aromatic carbocycles. The molecule has 1 rings (SSSR count). The van der Waals surface area contributed by atoms with E-state index < -0.39 is 0 Å². The molecule has 1 atom stereocenters. The zero-order chi connectivity index (χ0) is 12.2. The van der Waals surface area contributed by atoms with Crippen LogP contribution in [0.3, 0.4) is 0 Å². The van der Waals surface area contributed by atoms with Crippen LogP contribution in [-0.2, 0) is 4.74 Å². The van der Waals surface area contributed by atoms with Crippen LogP contribution < -0.4 is 0 Å². The van der Waals surface area contributed by atoms with E-state index in [4.69, 9.17) is 4.74 Å². The first-order valence-electron chi connectivity index (χ1n) is 6.82. The summed E-state index contributed by atoms with van der Waals surface area (Å²) in [5, 5.41) is 10.5. The van der Waals surface area contributed by atoms with Crippen LogP contribution in [0.1, 0.15) is 59.3 Å². The van der Waals surface area contributed by atoms with Gasteiger partial charge < -0.3 is 9.84 Å². The first-order chi connectivity index (χ1) is 7.59. The summed E-state index contributed by atoms with van der Waals surface area (Å²) < 4.78 is 5.63. The van der Waals surface area contributed by atoms with E-state index in [1.54, 1.807) is 7.11 Å². The van der Waals surface area contributed by atoms with Crippen molar-refractivity contribution >= 4 is 0 Å². The van der Waals surface area contributed by atoms with E-state index in [1.807, 2.05) is 0 Å². The molecule has 0 aromatic heterocycles. The van der Waals surface area contributed by atoms with Gasteiger partial charge in [-0.05, 0) is 37.5 Å². The van der Waals surface area contributed by atoms with Gasteiger partial charge in [0.05, 0.1) is 11.7 Å². The number of aliphatic hydroxyl groups is 1. The Kier molecular flexibility index (Phi) is 5.26. The van der Waals surface area contributed by atoms with Crippen LogP contribution in [0.25, 0.3) is 0 Å². The highest BCUT2D eigenvalue weighted by atomic mass is 16.5. The summed E-state index contributed by atoms with van der Waals surface area (Å²) in [6, 6.07) is 0. The molecule has 0 amide bonds. The van der Waals surface area contributed by atoms with Crippen molar-refractivity contribution < 1.29 is 9.84 Å². The van der Waals surface area contributed by atoms with Gasteiger partial charge in [0, 0.05) is 7.11 Å². The summed E-state index contributed by atoms with van der Waals surface area (Å²) in [7, 11) is 1.74. The summed E-state index contributed by atoms with van der Waals surface area (Å²) in [4.78, 5) is 0. The first kappa shape index (κ1) is 14.0. The molecule has 1 saturated carbocycles. The molecule has 16 heavy (non-hydrogen) atoms. The second-order valence-corrected chi connectivity index (χ2v) is 5.44. The van der Waals surface area contributed by atoms with Crippen LogP contribution >= 0.6 is 0 Å². The van der Waals surface area contributed by atoms with Gasteiger partial charge in [-0.15, -0.1) is 0 Å². The Bertz CT molecular complexity index is 183. The van der Waals surface area contributed by atoms with Crippen molar-refractivity contribution in [3.05, 3.63) is 0 Å². The Balaban J connectivity index is 2.64. The monoisotopic (exact) mass is 228 g/mol. The Labute approximate surface area is 100 Å². The predicted octanol–water partition coefficient (Wildman–Crippen LogP) is 3.38. The molecule has 1 aliphatic carbocycles. The smallest absolute Gasteiger partial charge is 0.0933 e. The van der Waals surface area contributed by atoms with Crippen LogP contribution in [-0.4, -0.2) is 23.9 Å². The third-order valence-electron chi connectivity index (χ3n) is 4.65. The zero-order valence-electron chi connectivity index (χ0n) is 11.3. The van der Waals surface area contributed by atoms with Gasteiger partial charge in [0.1, 0.15) is 0 Å². The fourth-order valence-corrected chi connectivity index (χ4v) is 3.11. The minimum atomic E-state index is -0.314. The minimum Gasteiger partial charge on any atom is -0.390 e. The van der Waals surface area contributed by atoms with E-state index in [-0.39, 0.29) is 11.7 Å². The maximum Gasteiger partial charge on any atom is 0.0933 e. The van der Waals surface area contributed by atoms with Gasteiger partial charge >= 0.3 is 0 Å². The highest BCUT2D eigenvalue weighted by Gasteiger charge is 2.40. The van der Waals surface area contributed by atoms with Crippen molar-refractivity contribution in [3.8, 4) is 0 Å². The number of rotatable bonds is 5. The van der Waals surface area contributed by atoms with Crippen molar-refractivity contribution in [1.82, 2.24) is 0 Å². The molecule has 0 saturated heterocycles. The Morgan fingerprint density at radius 3 is 2.06 bits per heavy atom. The van der Waals surface area contributed by atoms with E-state index in [0.29, 0.717) is 5.92 Å². The lowest BCUT2D eigenvalue weighted by Crippen LogP contribution is -2.48. The van der Waals surface area contributed by atoms with Gasteiger partial charge in [-0.3, -0.25) is 0 Å². The van der Waals surface area contributed by atoms with E-state index in [2.05, 4.69) is 20.8 Å². The molecule has 0 aliphatic heterocycles. The topological polar surface area (TPSA) is 29.5 Å². The van der Waals surface area contributed by atoms with Crippen LogP contribution in [0.5, 0.6) is 0 Å². The number of aliphatic hydroxyl groups excluding tert-OH is 1. The molecule has 2 nitrogen and oxygen atoms in total. The summed E-state index contributed by atoms with van der Waals surface area (Å²) in [5.74, 6) is 1.28. The maximum atomic E-state index is 10.5. The molecular formula is C14H28O2. The fraction of sp³-hybridized carbons (Fsp3) is 1.00. The second kappa shape index (κ2) is 6.02. The van der Waals surface area contributed by atoms with Gasteiger partial charge in [-0.25, -0.2) is 0 Å². The summed E-state index contributed by atoms with van der Waals surface area (Å²) in [6.07, 6.45) is 6.34. The molecule has 2 heteroatoms. The molecule has 0 spiro atoms. The van der Waals surface area contributed by atoms with Crippen LogP contribution in [0.4, 0.5) is 0 Å². The van der Waals surface area contributed by atoms with Crippen molar-refractivity contribution in [1.29, 1.82) is 0 Å². The highest BCUT2D eigenvalue weighted by molar-refractivity contribution is 4.91. The molecular weight excluding hydrogens is 200 g/mol. The Morgan fingerprint density at radius 2 is 1.69 bits per heavy atom. The highest BCUT2D eigenvalue weighted by Crippen LogP contribution is 2.37. The van der Waals surface area contributed by atoms with E-state index >= 15 is 0 Å². The average molecular weight is 228 g/mol. The second-order valence-electron chi connectivity index (χ2n) is 5.44. The maximum absolute atomic E-state index is 10.5. The Hall–Kier alpha value is -0.0800. The van der Waals surface area contributed by atoms with E-state index in [9.17, 15) is 5.11 Å². The normalized spacial score (nSPS) is 29.1. The molecule has 1 aliphatic rings. The summed E-state index contributed by atoms with van der Waals surface area (Å²) in [5.41, 5.74) is -0.314. The molecule has 0 heterocycles. The number of methoxy groups -OCH3 is 1. The van der Waals surface area contributed by atoms with Gasteiger partial charge in [-0.2, -0.15) is 0 Å². The largest absolute Gasteiger partial charge is 0.390 e. The van der Waals surface area contributed by atoms with Crippen molar-refractivity contribution in [2.75, 3.05) is 7.11 Å². The van der Waals surface area contributed by atoms with Gasteiger partial charge in [-0.1, -0.05) is 33.6 Å². The van der Waals surface area contributed by atoms with Crippen molar-refractivity contribution in [3.63, 3.8) is 0 Å². The van der Waals surface area contributed by atoms with E-state index in [0.717, 1.165) is 31.6 Å². The predicted molar refractivity (Wildman–Crippen MR) is 67.5 cm³/mol. The van der Waals surface area contributed by atoms with Crippen molar-refractivity contribution in [2.45, 2.75) is 71.0 Å². The fourth-order valence-electron chi connectivity index (χ4n) is 3.11. The molecule has 0 bridgehead atoms. The number of hydrogen-bond donors (Lipinski definition) is 1. The summed E-state index contributed by atoms with van der Waals surface area (Å²) >= 11 is 0. The molecule has 1 N–H and O–H groups in total. The SMILES string of the molecule is CCC(CC)(OC)C(O)C1CCC(C)CC1. The first-order valence-corrected chi connectivity index (χ1v) is 6.82. The van der Waals surface area contributed by atoms with E-state index in [1.165, 1.54) is 12.8 Å². The molecule has 1 fully saturated rings. The van der Waals surface area contributed by atoms with Crippen LogP contribution in [0.15, 0.2) is 0 Å². The lowest BCUT2D eigenvalue weighted by Gasteiger charge is -2.41. The summed E-state index contributed by atoms with van der Waals surface area (Å²) in [6.45, 7) is 6.54. The van der Waals surface area contributed by atoms with Gasteiger partial charge in [0.2, 0.25) is 0 Å². The minimum absolute atomic E-state index is 0.292. The average Bonchev–Trinajstić information content (AvgIpc) is 2.33. The molecule has 0 radical (unpaired) electrons. The van der Waals surface area contributed by atoms with Crippen molar-refractivity contribution in [2.24, 2.45) is 11.8 Å². The molecule has 0 aromatic rings. The zero-order valence-corrected chi connectivity index (χ0v) is 11.3. The lowest BCUT2D eigenvalue weighted by molar-refractivity contribution is -0.134. The molecule has 1 unspecified atom stereocenters. The third-order valence-corrected chi connectivity index (χ3v) is 4.65. The lowest BCUT2D eigenvalue weighted by atomic mass is 9.74. The van der Waals surface area contributed by atoms with Crippen LogP contribution in [0.2, 0.25) is 0 Å². The third kappa shape index (κ3) is 2.78. The van der Waals surface area contributed by atoms with Gasteiger partial charge in [0.15, 0.2) is 0 Å².